The Bertz CT molecular complexity index is 959. The summed E-state index contributed by atoms with van der Waals surface area (Å²) in [5.74, 6) is 1.20. The predicted molar refractivity (Wildman–Crippen MR) is 127 cm³/mol. The van der Waals surface area contributed by atoms with Gasteiger partial charge in [-0.3, -0.25) is 4.79 Å². The van der Waals surface area contributed by atoms with Crippen LogP contribution in [0.4, 0.5) is 0 Å². The summed E-state index contributed by atoms with van der Waals surface area (Å²) in [6.45, 7) is 9.51. The van der Waals surface area contributed by atoms with Gasteiger partial charge in [0.05, 0.1) is 23.2 Å². The SMILES string of the molecule is C[C@H](C1CC(C)(O)C(C)(O)C(O)O1)[C@H]1CC[C@H]2[C@@H]3[C@@H]4O[C@@H]4[C@@]4(O)CC=CC(=O)[C@]4(C)[C@H]3CC[C@]12C. The van der Waals surface area contributed by atoms with Gasteiger partial charge in [0, 0.05) is 6.42 Å². The highest BCUT2D eigenvalue weighted by Gasteiger charge is 2.77. The first-order valence-corrected chi connectivity index (χ1v) is 13.6. The van der Waals surface area contributed by atoms with Crippen LogP contribution < -0.4 is 0 Å². The van der Waals surface area contributed by atoms with Crippen molar-refractivity contribution < 1.29 is 34.7 Å². The second-order valence-electron chi connectivity index (χ2n) is 13.6. The summed E-state index contributed by atoms with van der Waals surface area (Å²) in [7, 11) is 0. The Balaban J connectivity index is 1.28. The van der Waals surface area contributed by atoms with Crippen molar-refractivity contribution in [3.63, 3.8) is 0 Å². The van der Waals surface area contributed by atoms with E-state index in [9.17, 15) is 25.2 Å². The number of hydrogen-bond donors (Lipinski definition) is 4. The number of fused-ring (bicyclic) bond motifs is 8. The van der Waals surface area contributed by atoms with Gasteiger partial charge in [0.15, 0.2) is 12.1 Å². The molecule has 35 heavy (non-hydrogen) atoms. The Kier molecular flexibility index (Phi) is 5.02. The minimum atomic E-state index is -1.73. The lowest BCUT2D eigenvalue weighted by Crippen LogP contribution is -2.67. The zero-order chi connectivity index (χ0) is 25.3. The summed E-state index contributed by atoms with van der Waals surface area (Å²) in [4.78, 5) is 13.3. The van der Waals surface area contributed by atoms with Crippen LogP contribution in [0.3, 0.4) is 0 Å². The fourth-order valence-electron chi connectivity index (χ4n) is 9.67. The first-order valence-electron chi connectivity index (χ1n) is 13.6. The van der Waals surface area contributed by atoms with Crippen LogP contribution in [0.15, 0.2) is 12.2 Å². The summed E-state index contributed by atoms with van der Waals surface area (Å²) in [5, 5.41) is 43.8. The summed E-state index contributed by atoms with van der Waals surface area (Å²) in [6.07, 6.45) is 6.09. The van der Waals surface area contributed by atoms with Crippen molar-refractivity contribution in [1.82, 2.24) is 0 Å². The molecule has 6 aliphatic rings. The topological polar surface area (TPSA) is 120 Å². The van der Waals surface area contributed by atoms with E-state index in [0.29, 0.717) is 18.3 Å². The number of hydrogen-bond acceptors (Lipinski definition) is 7. The zero-order valence-electron chi connectivity index (χ0n) is 21.6. The molecule has 0 amide bonds. The van der Waals surface area contributed by atoms with Crippen molar-refractivity contribution in [2.24, 2.45) is 40.4 Å². The van der Waals surface area contributed by atoms with Crippen molar-refractivity contribution in [2.75, 3.05) is 0 Å². The second kappa shape index (κ2) is 7.17. The van der Waals surface area contributed by atoms with Gasteiger partial charge in [-0.05, 0) is 94.0 Å². The van der Waals surface area contributed by atoms with Crippen LogP contribution in [0.2, 0.25) is 0 Å². The molecule has 4 N–H and O–H groups in total. The van der Waals surface area contributed by atoms with Crippen molar-refractivity contribution in [3.05, 3.63) is 12.2 Å². The van der Waals surface area contributed by atoms with Gasteiger partial charge in [0.25, 0.3) is 0 Å². The molecule has 14 atom stereocenters. The van der Waals surface area contributed by atoms with E-state index in [4.69, 9.17) is 9.47 Å². The van der Waals surface area contributed by atoms with Crippen LogP contribution in [-0.2, 0) is 14.3 Å². The molecule has 0 spiro atoms. The predicted octanol–water partition coefficient (Wildman–Crippen LogP) is 2.34. The maximum atomic E-state index is 13.3. The van der Waals surface area contributed by atoms with Crippen LogP contribution in [-0.4, -0.2) is 67.6 Å². The minimum absolute atomic E-state index is 0.0136. The number of rotatable bonds is 2. The quantitative estimate of drug-likeness (QED) is 0.439. The van der Waals surface area contributed by atoms with Crippen molar-refractivity contribution >= 4 is 5.78 Å². The molecule has 2 aliphatic heterocycles. The van der Waals surface area contributed by atoms with Gasteiger partial charge in [-0.1, -0.05) is 19.9 Å². The van der Waals surface area contributed by atoms with Gasteiger partial charge in [0.1, 0.15) is 17.3 Å². The van der Waals surface area contributed by atoms with Gasteiger partial charge in [-0.2, -0.15) is 0 Å². The van der Waals surface area contributed by atoms with Crippen molar-refractivity contribution in [3.8, 4) is 0 Å². The van der Waals surface area contributed by atoms with Crippen molar-refractivity contribution in [1.29, 1.82) is 0 Å². The van der Waals surface area contributed by atoms with Crippen LogP contribution in [0.1, 0.15) is 73.1 Å². The number of epoxide rings is 1. The lowest BCUT2D eigenvalue weighted by molar-refractivity contribution is -0.328. The Morgan fingerprint density at radius 3 is 2.43 bits per heavy atom. The number of aliphatic hydroxyl groups excluding tert-OH is 1. The van der Waals surface area contributed by atoms with E-state index in [1.807, 2.05) is 13.0 Å². The molecule has 0 aromatic rings. The Morgan fingerprint density at radius 1 is 1.03 bits per heavy atom. The van der Waals surface area contributed by atoms with Crippen LogP contribution in [0, 0.1) is 40.4 Å². The molecule has 4 unspecified atom stereocenters. The highest BCUT2D eigenvalue weighted by atomic mass is 16.6. The number of allylic oxidation sites excluding steroid dienone is 1. The van der Waals surface area contributed by atoms with Crippen LogP contribution >= 0.6 is 0 Å². The molecule has 5 fully saturated rings. The largest absolute Gasteiger partial charge is 0.387 e. The van der Waals surface area contributed by atoms with E-state index in [0.717, 1.165) is 25.7 Å². The Labute approximate surface area is 207 Å². The average Bonchev–Trinajstić information content (AvgIpc) is 3.50. The lowest BCUT2D eigenvalue weighted by Gasteiger charge is -2.60. The minimum Gasteiger partial charge on any atom is -0.387 e. The smallest absolute Gasteiger partial charge is 0.186 e. The molecule has 3 saturated carbocycles. The third kappa shape index (κ3) is 2.86. The molecule has 2 heterocycles. The van der Waals surface area contributed by atoms with E-state index in [1.54, 1.807) is 13.0 Å². The third-order valence-corrected chi connectivity index (χ3v) is 12.3. The third-order valence-electron chi connectivity index (χ3n) is 12.3. The Morgan fingerprint density at radius 2 is 1.74 bits per heavy atom. The zero-order valence-corrected chi connectivity index (χ0v) is 21.6. The van der Waals surface area contributed by atoms with E-state index in [2.05, 4.69) is 13.8 Å². The van der Waals surface area contributed by atoms with Gasteiger partial charge < -0.3 is 29.9 Å². The average molecular weight is 491 g/mol. The highest BCUT2D eigenvalue weighted by Crippen LogP contribution is 2.71. The molecule has 0 radical (unpaired) electrons. The standard InChI is InChI=1S/C28H42O7/c1-14(18-13-25(3,31)27(5,32)23(30)34-18)15-8-9-16-20-17(10-12-24(15,16)2)26(4)19(29)7-6-11-28(26,33)22-21(20)35-22/h6-7,14-18,20-23,30-33H,8-13H2,1-5H3/t14-,15+,16-,17-,18?,20-,21-,22-,23?,24+,25?,26-,27?,28-/m0/s1. The number of carbonyl (C=O) groups excluding carboxylic acids is 1. The second-order valence-corrected chi connectivity index (χ2v) is 13.6. The lowest BCUT2D eigenvalue weighted by atomic mass is 9.43. The first-order chi connectivity index (χ1) is 16.2. The van der Waals surface area contributed by atoms with Crippen LogP contribution in [0.25, 0.3) is 0 Å². The maximum Gasteiger partial charge on any atom is 0.186 e. The fourth-order valence-corrected chi connectivity index (χ4v) is 9.67. The molecule has 196 valence electrons. The van der Waals surface area contributed by atoms with Gasteiger partial charge in [-0.25, -0.2) is 0 Å². The molecular weight excluding hydrogens is 448 g/mol. The molecule has 0 bridgehead atoms. The van der Waals surface area contributed by atoms with Gasteiger partial charge in [0.2, 0.25) is 0 Å². The van der Waals surface area contributed by atoms with Crippen LogP contribution in [0.5, 0.6) is 0 Å². The number of ketones is 1. The summed E-state index contributed by atoms with van der Waals surface area (Å²) in [6, 6.07) is 0. The van der Waals surface area contributed by atoms with E-state index in [-0.39, 0.29) is 53.7 Å². The summed E-state index contributed by atoms with van der Waals surface area (Å²) >= 11 is 0. The van der Waals surface area contributed by atoms with Gasteiger partial charge >= 0.3 is 0 Å². The summed E-state index contributed by atoms with van der Waals surface area (Å²) in [5.41, 5.74) is -5.07. The summed E-state index contributed by atoms with van der Waals surface area (Å²) < 4.78 is 12.1. The molecule has 0 aromatic heterocycles. The fraction of sp³-hybridized carbons (Fsp3) is 0.893. The Hall–Kier alpha value is -0.830. The first kappa shape index (κ1) is 24.5. The van der Waals surface area contributed by atoms with Gasteiger partial charge in [-0.15, -0.1) is 0 Å². The molecule has 2 saturated heterocycles. The van der Waals surface area contributed by atoms with E-state index in [1.165, 1.54) is 6.92 Å². The maximum absolute atomic E-state index is 13.3. The molecule has 6 rings (SSSR count). The van der Waals surface area contributed by atoms with E-state index >= 15 is 0 Å². The molecule has 7 heteroatoms. The number of ether oxygens (including phenoxy) is 2. The monoisotopic (exact) mass is 490 g/mol. The normalized spacial score (nSPS) is 61.9. The number of aliphatic hydroxyl groups is 4. The molecule has 0 aromatic carbocycles. The molecular formula is C28H42O7. The number of carbonyl (C=O) groups is 1. The molecule has 7 nitrogen and oxygen atoms in total. The highest BCUT2D eigenvalue weighted by molar-refractivity contribution is 5.97. The van der Waals surface area contributed by atoms with Crippen molar-refractivity contribution in [2.45, 2.75) is 115 Å². The molecule has 4 aliphatic carbocycles. The van der Waals surface area contributed by atoms with E-state index < -0.39 is 28.5 Å².